The van der Waals surface area contributed by atoms with Crippen LogP contribution < -0.4 is 4.31 Å². The molecule has 7 nitrogen and oxygen atoms in total. The summed E-state index contributed by atoms with van der Waals surface area (Å²) in [6.07, 6.45) is 3.77. The molecule has 1 N–H and O–H groups in total. The summed E-state index contributed by atoms with van der Waals surface area (Å²) in [4.78, 5) is 13.0. The van der Waals surface area contributed by atoms with Crippen LogP contribution in [0.15, 0.2) is 59.2 Å². The summed E-state index contributed by atoms with van der Waals surface area (Å²) < 4.78 is 58.9. The fourth-order valence-electron chi connectivity index (χ4n) is 4.45. The number of fused-ring (bicyclic) bond motifs is 1. The number of carbonyl (C=O) groups is 1. The lowest BCUT2D eigenvalue weighted by atomic mass is 10.0. The summed E-state index contributed by atoms with van der Waals surface area (Å²) in [7, 11) is 0. The average Bonchev–Trinajstić information content (AvgIpc) is 3.66. The minimum Gasteiger partial charge on any atom is -0.462 e. The molecule has 0 saturated heterocycles. The first-order valence-corrected chi connectivity index (χ1v) is 13.9. The number of aromatic nitrogens is 2. The van der Waals surface area contributed by atoms with Crippen LogP contribution >= 0.6 is 15.9 Å². The van der Waals surface area contributed by atoms with Gasteiger partial charge in [-0.1, -0.05) is 6.07 Å². The van der Waals surface area contributed by atoms with Crippen LogP contribution in [0, 0.1) is 11.6 Å². The highest BCUT2D eigenvalue weighted by atomic mass is 79.9. The van der Waals surface area contributed by atoms with Crippen LogP contribution in [0.2, 0.25) is 0 Å². The number of nitrogens with zero attached hydrogens (tertiary/aromatic N) is 3. The fraction of sp³-hybridized carbons (Fsp3) is 0.259. The molecule has 0 radical (unpaired) electrons. The first-order valence-electron chi connectivity index (χ1n) is 12.1. The van der Waals surface area contributed by atoms with E-state index in [0.717, 1.165) is 18.4 Å². The molecule has 5 rings (SSSR count). The molecule has 2 heterocycles. The fourth-order valence-corrected chi connectivity index (χ4v) is 5.26. The molecule has 1 unspecified atom stereocenters. The Bertz CT molecular complexity index is 1540. The second kappa shape index (κ2) is 10.9. The molecule has 4 aromatic rings. The number of hydrogen-bond acceptors (Lipinski definition) is 4. The molecule has 0 amide bonds. The van der Waals surface area contributed by atoms with Crippen LogP contribution in [-0.2, 0) is 22.4 Å². The minimum atomic E-state index is -2.37. The molecule has 0 bridgehead atoms. The molecular formula is C27H24BrF2N3O4S. The van der Waals surface area contributed by atoms with E-state index in [1.807, 2.05) is 6.07 Å². The normalized spacial score (nSPS) is 14.0. The Morgan fingerprint density at radius 1 is 1.21 bits per heavy atom. The SMILES string of the molecule is CCOC(=O)c1c(-c2ccc(F)cc2)nn2cc(N(CCc3ccc(Br)c(F)c3)S(=O)O)c(C3CC3)cc12. The van der Waals surface area contributed by atoms with Gasteiger partial charge in [0, 0.05) is 12.1 Å². The molecule has 1 saturated carbocycles. The Kier molecular flexibility index (Phi) is 7.60. The number of benzene rings is 2. The Morgan fingerprint density at radius 2 is 1.95 bits per heavy atom. The summed E-state index contributed by atoms with van der Waals surface area (Å²) >= 11 is 0.765. The van der Waals surface area contributed by atoms with Crippen molar-refractivity contribution < 1.29 is 27.1 Å². The Balaban J connectivity index is 1.61. The zero-order valence-corrected chi connectivity index (χ0v) is 22.8. The number of esters is 1. The van der Waals surface area contributed by atoms with Gasteiger partial charge >= 0.3 is 5.97 Å². The van der Waals surface area contributed by atoms with E-state index < -0.39 is 28.9 Å². The van der Waals surface area contributed by atoms with Crippen molar-refractivity contribution in [2.75, 3.05) is 17.5 Å². The van der Waals surface area contributed by atoms with Gasteiger partial charge in [0.25, 0.3) is 11.3 Å². The Morgan fingerprint density at radius 3 is 2.58 bits per heavy atom. The predicted molar refractivity (Wildman–Crippen MR) is 144 cm³/mol. The van der Waals surface area contributed by atoms with E-state index in [9.17, 15) is 22.3 Å². The molecule has 0 spiro atoms. The van der Waals surface area contributed by atoms with E-state index in [-0.39, 0.29) is 24.6 Å². The van der Waals surface area contributed by atoms with Gasteiger partial charge in [0.15, 0.2) is 0 Å². The summed E-state index contributed by atoms with van der Waals surface area (Å²) in [5.41, 5.74) is 3.59. The molecular weight excluding hydrogens is 580 g/mol. The van der Waals surface area contributed by atoms with E-state index in [2.05, 4.69) is 21.0 Å². The summed E-state index contributed by atoms with van der Waals surface area (Å²) in [6.45, 7) is 2.02. The molecule has 1 fully saturated rings. The third-order valence-corrected chi connectivity index (χ3v) is 7.84. The third-order valence-electron chi connectivity index (χ3n) is 6.44. The topological polar surface area (TPSA) is 84.1 Å². The maximum Gasteiger partial charge on any atom is 0.342 e. The van der Waals surface area contributed by atoms with Crippen molar-refractivity contribution in [1.82, 2.24) is 9.61 Å². The van der Waals surface area contributed by atoms with Gasteiger partial charge in [0.05, 0.1) is 28.5 Å². The molecule has 2 aromatic carbocycles. The summed E-state index contributed by atoms with van der Waals surface area (Å²) in [5.74, 6) is -1.22. The van der Waals surface area contributed by atoms with Crippen molar-refractivity contribution >= 4 is 44.4 Å². The first kappa shape index (κ1) is 26.5. The molecule has 198 valence electrons. The highest BCUT2D eigenvalue weighted by molar-refractivity contribution is 9.10. The van der Waals surface area contributed by atoms with E-state index in [1.165, 1.54) is 39.2 Å². The number of rotatable bonds is 9. The van der Waals surface area contributed by atoms with Crippen molar-refractivity contribution in [1.29, 1.82) is 0 Å². The molecule has 11 heteroatoms. The maximum atomic E-state index is 14.0. The number of pyridine rings is 1. The van der Waals surface area contributed by atoms with E-state index in [1.54, 1.807) is 25.3 Å². The standard InChI is InChI=1S/C27H24BrF2N3O4S/c1-2-37-27(34)25-23-14-20(17-4-5-17)24(15-32(23)31-26(25)18-6-8-19(29)9-7-18)33(38(35)36)12-11-16-3-10-21(28)22(30)13-16/h3,6-10,13-15,17H,2,4-5,11-12H2,1H3,(H,35,36). The lowest BCUT2D eigenvalue weighted by Gasteiger charge is -2.23. The van der Waals surface area contributed by atoms with Gasteiger partial charge in [-0.3, -0.25) is 8.86 Å². The van der Waals surface area contributed by atoms with Gasteiger partial charge in [0.2, 0.25) is 0 Å². The number of halogens is 3. The van der Waals surface area contributed by atoms with Gasteiger partial charge in [-0.25, -0.2) is 22.3 Å². The lowest BCUT2D eigenvalue weighted by Crippen LogP contribution is -2.29. The van der Waals surface area contributed by atoms with Gasteiger partial charge in [-0.05, 0) is 102 Å². The van der Waals surface area contributed by atoms with Crippen LogP contribution in [0.5, 0.6) is 0 Å². The van der Waals surface area contributed by atoms with Crippen LogP contribution in [0.1, 0.15) is 47.2 Å². The largest absolute Gasteiger partial charge is 0.462 e. The van der Waals surface area contributed by atoms with Crippen molar-refractivity contribution in [3.8, 4) is 11.3 Å². The Labute approximate surface area is 229 Å². The maximum absolute atomic E-state index is 14.0. The van der Waals surface area contributed by atoms with Crippen LogP contribution in [0.25, 0.3) is 16.8 Å². The molecule has 2 aromatic heterocycles. The van der Waals surface area contributed by atoms with Gasteiger partial charge in [-0.15, -0.1) is 0 Å². The zero-order valence-electron chi connectivity index (χ0n) is 20.4. The van der Waals surface area contributed by atoms with Crippen molar-refractivity contribution in [3.05, 3.63) is 87.5 Å². The summed E-state index contributed by atoms with van der Waals surface area (Å²) in [5, 5.41) is 4.61. The van der Waals surface area contributed by atoms with Crippen molar-refractivity contribution in [2.24, 2.45) is 0 Å². The third kappa shape index (κ3) is 5.36. The smallest absolute Gasteiger partial charge is 0.342 e. The van der Waals surface area contributed by atoms with E-state index >= 15 is 0 Å². The highest BCUT2D eigenvalue weighted by Gasteiger charge is 2.32. The molecule has 1 atom stereocenters. The van der Waals surface area contributed by atoms with Crippen LogP contribution in [0.3, 0.4) is 0 Å². The van der Waals surface area contributed by atoms with Crippen molar-refractivity contribution in [2.45, 2.75) is 32.1 Å². The number of ether oxygens (including phenoxy) is 1. The molecule has 0 aliphatic heterocycles. The lowest BCUT2D eigenvalue weighted by molar-refractivity contribution is 0.0529. The van der Waals surface area contributed by atoms with Crippen molar-refractivity contribution in [3.63, 3.8) is 0 Å². The molecule has 1 aliphatic carbocycles. The van der Waals surface area contributed by atoms with Gasteiger partial charge in [0.1, 0.15) is 22.9 Å². The van der Waals surface area contributed by atoms with Gasteiger partial charge < -0.3 is 4.74 Å². The van der Waals surface area contributed by atoms with Crippen LogP contribution in [0.4, 0.5) is 14.5 Å². The number of carbonyl (C=O) groups excluding carboxylic acids is 1. The van der Waals surface area contributed by atoms with E-state index in [0.29, 0.717) is 38.9 Å². The average molecular weight is 604 g/mol. The zero-order chi connectivity index (χ0) is 27.0. The summed E-state index contributed by atoms with van der Waals surface area (Å²) in [6, 6.07) is 12.2. The first-order chi connectivity index (χ1) is 18.3. The molecule has 38 heavy (non-hydrogen) atoms. The predicted octanol–water partition coefficient (Wildman–Crippen LogP) is 6.28. The number of anilines is 1. The molecule has 1 aliphatic rings. The minimum absolute atomic E-state index is 0.145. The quantitative estimate of drug-likeness (QED) is 0.180. The second-order valence-corrected chi connectivity index (χ2v) is 10.8. The monoisotopic (exact) mass is 603 g/mol. The van der Waals surface area contributed by atoms with Crippen LogP contribution in [-0.4, -0.2) is 37.5 Å². The number of hydrogen-bond donors (Lipinski definition) is 1. The van der Waals surface area contributed by atoms with E-state index in [4.69, 9.17) is 4.74 Å². The highest BCUT2D eigenvalue weighted by Crippen LogP contribution is 2.46. The van der Waals surface area contributed by atoms with Gasteiger partial charge in [-0.2, -0.15) is 5.10 Å². The second-order valence-electron chi connectivity index (χ2n) is 9.00. The Hall–Kier alpha value is -3.15.